The fourth-order valence-electron chi connectivity index (χ4n) is 1.56. The van der Waals surface area contributed by atoms with Crippen LogP contribution in [0, 0.1) is 0 Å². The number of carbonyl (C=O) groups is 1. The minimum Gasteiger partial charge on any atom is -0.481 e. The molecule has 0 aliphatic heterocycles. The van der Waals surface area contributed by atoms with Gasteiger partial charge in [-0.2, -0.15) is 0 Å². The first-order chi connectivity index (χ1) is 9.39. The quantitative estimate of drug-likeness (QED) is 0.672. The summed E-state index contributed by atoms with van der Waals surface area (Å²) in [6.45, 7) is 3.86. The van der Waals surface area contributed by atoms with E-state index in [4.69, 9.17) is 5.11 Å². The summed E-state index contributed by atoms with van der Waals surface area (Å²) in [6.07, 6.45) is 1.55. The second-order valence-corrected chi connectivity index (χ2v) is 7.63. The molecule has 1 aromatic heterocycles. The molecule has 0 radical (unpaired) electrons. The number of nitrogens with zero attached hydrogens (tertiary/aromatic N) is 3. The van der Waals surface area contributed by atoms with Gasteiger partial charge in [0.25, 0.3) is 0 Å². The number of sulfone groups is 1. The number of hydrogen-bond donors (Lipinski definition) is 1. The Morgan fingerprint density at radius 1 is 1.35 bits per heavy atom. The molecule has 9 heteroatoms. The molecule has 0 aliphatic carbocycles. The van der Waals surface area contributed by atoms with Crippen molar-refractivity contribution in [1.29, 1.82) is 0 Å². The number of aromatic nitrogens is 3. The van der Waals surface area contributed by atoms with Gasteiger partial charge in [-0.05, 0) is 6.42 Å². The first-order valence-corrected chi connectivity index (χ1v) is 9.17. The summed E-state index contributed by atoms with van der Waals surface area (Å²) in [5, 5.41) is 17.1. The molecule has 7 nitrogen and oxygen atoms in total. The molecule has 114 valence electrons. The number of carboxylic acid groups (broad SMARTS) is 1. The van der Waals surface area contributed by atoms with Gasteiger partial charge in [-0.25, -0.2) is 8.42 Å². The van der Waals surface area contributed by atoms with Crippen molar-refractivity contribution in [3.05, 3.63) is 5.82 Å². The molecule has 0 atom stereocenters. The fourth-order valence-corrected chi connectivity index (χ4v) is 3.01. The predicted molar refractivity (Wildman–Crippen MR) is 76.7 cm³/mol. The number of hydrogen-bond acceptors (Lipinski definition) is 6. The van der Waals surface area contributed by atoms with Gasteiger partial charge >= 0.3 is 5.97 Å². The lowest BCUT2D eigenvalue weighted by atomic mass is 10.3. The highest BCUT2D eigenvalue weighted by Crippen LogP contribution is 2.18. The molecule has 0 aliphatic rings. The Morgan fingerprint density at radius 3 is 2.60 bits per heavy atom. The van der Waals surface area contributed by atoms with Crippen LogP contribution in [0.15, 0.2) is 5.16 Å². The highest BCUT2D eigenvalue weighted by molar-refractivity contribution is 7.99. The van der Waals surface area contributed by atoms with Gasteiger partial charge in [-0.15, -0.1) is 10.2 Å². The lowest BCUT2D eigenvalue weighted by molar-refractivity contribution is -0.133. The lowest BCUT2D eigenvalue weighted by Crippen LogP contribution is -2.17. The van der Waals surface area contributed by atoms with Crippen LogP contribution in [0.4, 0.5) is 0 Å². The Morgan fingerprint density at radius 2 is 2.05 bits per heavy atom. The first-order valence-electron chi connectivity index (χ1n) is 6.36. The van der Waals surface area contributed by atoms with Crippen molar-refractivity contribution in [3.8, 4) is 0 Å². The Labute approximate surface area is 122 Å². The number of thioether (sulfide) groups is 1. The molecule has 0 amide bonds. The fraction of sp³-hybridized carbons (Fsp3) is 0.727. The van der Waals surface area contributed by atoms with Crippen molar-refractivity contribution in [2.24, 2.45) is 0 Å². The third-order valence-corrected chi connectivity index (χ3v) is 5.29. The Bertz CT molecular complexity index is 554. The molecule has 0 saturated carbocycles. The maximum Gasteiger partial charge on any atom is 0.313 e. The molecule has 0 saturated heterocycles. The highest BCUT2D eigenvalue weighted by atomic mass is 32.2. The van der Waals surface area contributed by atoms with Gasteiger partial charge in [0, 0.05) is 18.7 Å². The summed E-state index contributed by atoms with van der Waals surface area (Å²) in [5.74, 6) is -0.256. The van der Waals surface area contributed by atoms with Crippen molar-refractivity contribution >= 4 is 27.6 Å². The number of aryl methyl sites for hydroxylation is 1. The van der Waals surface area contributed by atoms with Crippen LogP contribution in [0.25, 0.3) is 0 Å². The molecule has 0 fully saturated rings. The third-order valence-electron chi connectivity index (χ3n) is 2.66. The monoisotopic (exact) mass is 321 g/mol. The molecule has 0 aromatic carbocycles. The van der Waals surface area contributed by atoms with Gasteiger partial charge in [0.1, 0.15) is 5.82 Å². The van der Waals surface area contributed by atoms with E-state index in [-0.39, 0.29) is 23.8 Å². The van der Waals surface area contributed by atoms with E-state index in [9.17, 15) is 13.2 Å². The van der Waals surface area contributed by atoms with E-state index in [0.717, 1.165) is 18.2 Å². The van der Waals surface area contributed by atoms with Crippen molar-refractivity contribution < 1.29 is 18.3 Å². The minimum atomic E-state index is -3.08. The average molecular weight is 321 g/mol. The van der Waals surface area contributed by atoms with Crippen LogP contribution in [0.2, 0.25) is 0 Å². The van der Waals surface area contributed by atoms with Crippen LogP contribution in [0.3, 0.4) is 0 Å². The molecule has 0 bridgehead atoms. The van der Waals surface area contributed by atoms with Crippen LogP contribution >= 0.6 is 11.8 Å². The molecule has 1 N–H and O–H groups in total. The zero-order valence-electron chi connectivity index (χ0n) is 11.6. The first kappa shape index (κ1) is 17.0. The van der Waals surface area contributed by atoms with E-state index < -0.39 is 15.8 Å². The van der Waals surface area contributed by atoms with E-state index in [0.29, 0.717) is 17.4 Å². The molecule has 0 spiro atoms. The van der Waals surface area contributed by atoms with Gasteiger partial charge in [0.2, 0.25) is 0 Å². The average Bonchev–Trinajstić information content (AvgIpc) is 2.77. The Kier molecular flexibility index (Phi) is 6.47. The van der Waals surface area contributed by atoms with Gasteiger partial charge in [0.05, 0.1) is 11.5 Å². The van der Waals surface area contributed by atoms with E-state index >= 15 is 0 Å². The summed E-state index contributed by atoms with van der Waals surface area (Å²) < 4.78 is 24.9. The minimum absolute atomic E-state index is 0.0128. The standard InChI is InChI=1S/C11H19N3O4S2/c1-3-5-9-12-13-11(19-8-10(15)16)14(9)6-7-20(17,18)4-2/h3-8H2,1-2H3,(H,15,16). The normalized spacial score (nSPS) is 11.7. The summed E-state index contributed by atoms with van der Waals surface area (Å²) in [7, 11) is -3.08. The zero-order chi connectivity index (χ0) is 15.2. The topological polar surface area (TPSA) is 102 Å². The number of carboxylic acids is 1. The van der Waals surface area contributed by atoms with Gasteiger partial charge < -0.3 is 9.67 Å². The summed E-state index contributed by atoms with van der Waals surface area (Å²) in [5.41, 5.74) is 0. The predicted octanol–water partition coefficient (Wildman–Crippen LogP) is 0.842. The third kappa shape index (κ3) is 5.12. The maximum absolute atomic E-state index is 11.6. The summed E-state index contributed by atoms with van der Waals surface area (Å²) in [6, 6.07) is 0. The Balaban J connectivity index is 2.87. The molecule has 0 unspecified atom stereocenters. The molecule has 20 heavy (non-hydrogen) atoms. The van der Waals surface area contributed by atoms with Crippen molar-refractivity contribution in [2.75, 3.05) is 17.3 Å². The van der Waals surface area contributed by atoms with E-state index in [1.165, 1.54) is 0 Å². The van der Waals surface area contributed by atoms with E-state index in [1.54, 1.807) is 11.5 Å². The van der Waals surface area contributed by atoms with Crippen LogP contribution < -0.4 is 0 Å². The van der Waals surface area contributed by atoms with E-state index in [1.807, 2.05) is 6.92 Å². The van der Waals surface area contributed by atoms with Crippen LogP contribution in [-0.4, -0.2) is 51.5 Å². The van der Waals surface area contributed by atoms with Crippen LogP contribution in [0.1, 0.15) is 26.1 Å². The summed E-state index contributed by atoms with van der Waals surface area (Å²) in [4.78, 5) is 10.6. The van der Waals surface area contributed by atoms with Gasteiger partial charge in [-0.3, -0.25) is 4.79 Å². The molecule has 1 heterocycles. The largest absolute Gasteiger partial charge is 0.481 e. The van der Waals surface area contributed by atoms with Crippen molar-refractivity contribution in [1.82, 2.24) is 14.8 Å². The molecular weight excluding hydrogens is 302 g/mol. The number of rotatable bonds is 9. The molecule has 1 aromatic rings. The number of aliphatic carboxylic acids is 1. The smallest absolute Gasteiger partial charge is 0.313 e. The highest BCUT2D eigenvalue weighted by Gasteiger charge is 2.16. The summed E-state index contributed by atoms with van der Waals surface area (Å²) >= 11 is 1.06. The lowest BCUT2D eigenvalue weighted by Gasteiger charge is -2.09. The Hall–Kier alpha value is -1.09. The second kappa shape index (κ2) is 7.63. The zero-order valence-corrected chi connectivity index (χ0v) is 13.2. The van der Waals surface area contributed by atoms with Crippen LogP contribution in [0.5, 0.6) is 0 Å². The van der Waals surface area contributed by atoms with Gasteiger partial charge in [0.15, 0.2) is 15.0 Å². The van der Waals surface area contributed by atoms with Gasteiger partial charge in [-0.1, -0.05) is 25.6 Å². The molecular formula is C11H19N3O4S2. The van der Waals surface area contributed by atoms with Crippen molar-refractivity contribution in [2.45, 2.75) is 38.4 Å². The van der Waals surface area contributed by atoms with Crippen molar-refractivity contribution in [3.63, 3.8) is 0 Å². The maximum atomic E-state index is 11.6. The van der Waals surface area contributed by atoms with E-state index in [2.05, 4.69) is 10.2 Å². The molecule has 1 rings (SSSR count). The second-order valence-electron chi connectivity index (χ2n) is 4.22. The SMILES string of the molecule is CCCc1nnc(SCC(=O)O)n1CCS(=O)(=O)CC. The van der Waals surface area contributed by atoms with Crippen LogP contribution in [-0.2, 0) is 27.6 Å².